The summed E-state index contributed by atoms with van der Waals surface area (Å²) in [5.74, 6) is 0.540. The SMILES string of the molecule is C=CNc1ncc(OC)cc1CCC1C(F)C=CC=CC1F.CC.COC.COCCOC. The molecule has 2 unspecified atom stereocenters. The molecule has 6 nitrogen and oxygen atoms in total. The zero-order valence-electron chi connectivity index (χ0n) is 21.1. The van der Waals surface area contributed by atoms with E-state index in [9.17, 15) is 8.78 Å². The molecule has 2 atom stereocenters. The number of hydrogen-bond acceptors (Lipinski definition) is 6. The second-order valence-electron chi connectivity index (χ2n) is 6.49. The predicted molar refractivity (Wildman–Crippen MR) is 133 cm³/mol. The minimum absolute atomic E-state index is 0.373. The molecule has 1 heterocycles. The van der Waals surface area contributed by atoms with Crippen LogP contribution in [0.25, 0.3) is 0 Å². The third-order valence-corrected chi connectivity index (χ3v) is 4.17. The molecule has 1 aliphatic rings. The molecule has 0 fully saturated rings. The monoisotopic (exact) mass is 472 g/mol. The number of nitrogens with zero attached hydrogens (tertiary/aromatic N) is 1. The van der Waals surface area contributed by atoms with E-state index in [2.05, 4.69) is 31.1 Å². The van der Waals surface area contributed by atoms with Gasteiger partial charge in [0.1, 0.15) is 23.9 Å². The van der Waals surface area contributed by atoms with Crippen LogP contribution >= 0.6 is 0 Å². The van der Waals surface area contributed by atoms with Crippen LogP contribution in [-0.2, 0) is 20.6 Å². The number of aryl methyl sites for hydroxylation is 1. The first-order valence-corrected chi connectivity index (χ1v) is 10.9. The summed E-state index contributed by atoms with van der Waals surface area (Å²) in [5.41, 5.74) is 0.843. The molecule has 0 aromatic carbocycles. The number of allylic oxidation sites excluding steroid dienone is 4. The highest BCUT2D eigenvalue weighted by Gasteiger charge is 2.27. The second-order valence-corrected chi connectivity index (χ2v) is 6.49. The van der Waals surface area contributed by atoms with Gasteiger partial charge in [-0.25, -0.2) is 13.8 Å². The number of nitrogens with one attached hydrogen (secondary N) is 1. The van der Waals surface area contributed by atoms with Crippen LogP contribution in [0.2, 0.25) is 0 Å². The van der Waals surface area contributed by atoms with Crippen molar-refractivity contribution in [2.45, 2.75) is 39.0 Å². The molecule has 8 heteroatoms. The normalized spacial score (nSPS) is 18.3. The second kappa shape index (κ2) is 22.9. The number of alkyl halides is 2. The van der Waals surface area contributed by atoms with E-state index in [-0.39, 0.29) is 0 Å². The van der Waals surface area contributed by atoms with Crippen LogP contribution in [0.5, 0.6) is 5.75 Å². The summed E-state index contributed by atoms with van der Waals surface area (Å²) in [5, 5.41) is 2.93. The molecule has 0 aliphatic heterocycles. The molecule has 0 saturated heterocycles. The Kier molecular flexibility index (Phi) is 22.8. The molecule has 0 spiro atoms. The molecule has 190 valence electrons. The molecule has 2 rings (SSSR count). The van der Waals surface area contributed by atoms with Crippen LogP contribution < -0.4 is 10.1 Å². The first-order chi connectivity index (χ1) is 16.0. The van der Waals surface area contributed by atoms with Gasteiger partial charge in [0.05, 0.1) is 26.5 Å². The van der Waals surface area contributed by atoms with Crippen molar-refractivity contribution < 1.29 is 27.7 Å². The van der Waals surface area contributed by atoms with Gasteiger partial charge in [-0.15, -0.1) is 0 Å². The molecular formula is C25H42F2N2O4. The molecule has 0 bridgehead atoms. The molecule has 0 radical (unpaired) electrons. The van der Waals surface area contributed by atoms with Gasteiger partial charge in [-0.2, -0.15) is 0 Å². The van der Waals surface area contributed by atoms with Gasteiger partial charge in [-0.1, -0.05) is 44.7 Å². The number of pyridine rings is 1. The van der Waals surface area contributed by atoms with Gasteiger partial charge in [0.25, 0.3) is 0 Å². The van der Waals surface area contributed by atoms with Gasteiger partial charge in [0.2, 0.25) is 0 Å². The third kappa shape index (κ3) is 15.2. The Morgan fingerprint density at radius 3 is 1.94 bits per heavy atom. The number of aromatic nitrogens is 1. The lowest BCUT2D eigenvalue weighted by atomic mass is 9.91. The summed E-state index contributed by atoms with van der Waals surface area (Å²) >= 11 is 0. The Bertz CT molecular complexity index is 635. The Balaban J connectivity index is 0. The van der Waals surface area contributed by atoms with Crippen molar-refractivity contribution in [3.63, 3.8) is 0 Å². The van der Waals surface area contributed by atoms with Gasteiger partial charge in [0, 0.05) is 34.4 Å². The lowest BCUT2D eigenvalue weighted by molar-refractivity contribution is 0.103. The Morgan fingerprint density at radius 2 is 1.52 bits per heavy atom. The minimum atomic E-state index is -1.29. The zero-order valence-corrected chi connectivity index (χ0v) is 21.1. The summed E-state index contributed by atoms with van der Waals surface area (Å²) in [6.07, 6.45) is 7.28. The Morgan fingerprint density at radius 1 is 1.00 bits per heavy atom. The maximum absolute atomic E-state index is 14.0. The molecular weight excluding hydrogens is 430 g/mol. The van der Waals surface area contributed by atoms with Gasteiger partial charge < -0.3 is 24.3 Å². The van der Waals surface area contributed by atoms with E-state index in [4.69, 9.17) is 4.74 Å². The van der Waals surface area contributed by atoms with Crippen LogP contribution in [-0.4, -0.2) is 66.1 Å². The van der Waals surface area contributed by atoms with Crippen molar-refractivity contribution in [2.75, 3.05) is 54.1 Å². The Hall–Kier alpha value is -2.29. The summed E-state index contributed by atoms with van der Waals surface area (Å²) in [6, 6.07) is 1.82. The van der Waals surface area contributed by atoms with Crippen molar-refractivity contribution in [1.29, 1.82) is 0 Å². The van der Waals surface area contributed by atoms with E-state index in [1.54, 1.807) is 53.9 Å². The number of hydrogen-bond donors (Lipinski definition) is 1. The number of methoxy groups -OCH3 is 4. The minimum Gasteiger partial charge on any atom is -0.495 e. The van der Waals surface area contributed by atoms with E-state index in [0.717, 1.165) is 5.56 Å². The molecule has 1 aromatic rings. The summed E-state index contributed by atoms with van der Waals surface area (Å²) < 4.78 is 46.8. The largest absolute Gasteiger partial charge is 0.495 e. The average Bonchev–Trinajstić information content (AvgIpc) is 2.99. The molecule has 33 heavy (non-hydrogen) atoms. The lowest BCUT2D eigenvalue weighted by Crippen LogP contribution is -2.23. The van der Waals surface area contributed by atoms with E-state index in [0.29, 0.717) is 37.6 Å². The fourth-order valence-electron chi connectivity index (χ4n) is 2.63. The number of anilines is 1. The van der Waals surface area contributed by atoms with Crippen molar-refractivity contribution in [3.8, 4) is 5.75 Å². The van der Waals surface area contributed by atoms with E-state index >= 15 is 0 Å². The maximum Gasteiger partial charge on any atom is 0.137 e. The van der Waals surface area contributed by atoms with E-state index < -0.39 is 18.3 Å². The smallest absolute Gasteiger partial charge is 0.137 e. The molecule has 0 saturated carbocycles. The predicted octanol–water partition coefficient (Wildman–Crippen LogP) is 5.56. The summed E-state index contributed by atoms with van der Waals surface area (Å²) in [4.78, 5) is 4.24. The number of ether oxygens (including phenoxy) is 4. The van der Waals surface area contributed by atoms with Crippen LogP contribution in [0.4, 0.5) is 14.6 Å². The molecule has 1 aliphatic carbocycles. The zero-order chi connectivity index (χ0) is 25.5. The van der Waals surface area contributed by atoms with Gasteiger partial charge in [0.15, 0.2) is 0 Å². The van der Waals surface area contributed by atoms with Crippen molar-refractivity contribution in [2.24, 2.45) is 5.92 Å². The van der Waals surface area contributed by atoms with Gasteiger partial charge in [-0.05, 0) is 30.7 Å². The van der Waals surface area contributed by atoms with Crippen molar-refractivity contribution in [1.82, 2.24) is 4.98 Å². The van der Waals surface area contributed by atoms with E-state index in [1.807, 2.05) is 19.9 Å². The highest BCUT2D eigenvalue weighted by molar-refractivity contribution is 5.48. The highest BCUT2D eigenvalue weighted by Crippen LogP contribution is 2.28. The third-order valence-electron chi connectivity index (χ3n) is 4.17. The van der Waals surface area contributed by atoms with Crippen LogP contribution in [0, 0.1) is 5.92 Å². The van der Waals surface area contributed by atoms with Crippen LogP contribution in [0.1, 0.15) is 25.8 Å². The van der Waals surface area contributed by atoms with Gasteiger partial charge >= 0.3 is 0 Å². The standard InChI is InChI=1S/C17H20F2N2O.C4H10O2.C2H6O.C2H6/c1-3-20-17-12(10-13(22-2)11-21-17)8-9-14-15(18)6-4-5-7-16(14)19;1-5-3-4-6-2;1-3-2;1-2/h3-7,10-11,14-16H,1,8-9H2,2H3,(H,20,21);3-4H2,1-2H3;1-2H3;1-2H3. The topological polar surface area (TPSA) is 61.8 Å². The molecule has 0 amide bonds. The Labute approximate surface area is 198 Å². The first-order valence-electron chi connectivity index (χ1n) is 10.9. The van der Waals surface area contributed by atoms with Gasteiger partial charge in [-0.3, -0.25) is 0 Å². The molecule has 1 aromatic heterocycles. The average molecular weight is 473 g/mol. The van der Waals surface area contributed by atoms with Crippen LogP contribution in [0.15, 0.2) is 49.3 Å². The first kappa shape index (κ1) is 32.9. The van der Waals surface area contributed by atoms with Crippen LogP contribution in [0.3, 0.4) is 0 Å². The quantitative estimate of drug-likeness (QED) is 0.475. The van der Waals surface area contributed by atoms with E-state index in [1.165, 1.54) is 18.4 Å². The lowest BCUT2D eigenvalue weighted by Gasteiger charge is -2.20. The number of rotatable bonds is 9. The maximum atomic E-state index is 14.0. The van der Waals surface area contributed by atoms with Crippen molar-refractivity contribution >= 4 is 5.82 Å². The number of halogens is 2. The molecule has 1 N–H and O–H groups in total. The summed E-state index contributed by atoms with van der Waals surface area (Å²) in [6.45, 7) is 8.99. The fourth-order valence-corrected chi connectivity index (χ4v) is 2.63. The fraction of sp³-hybridized carbons (Fsp3) is 0.560. The van der Waals surface area contributed by atoms with Crippen molar-refractivity contribution in [3.05, 3.63) is 54.9 Å². The summed E-state index contributed by atoms with van der Waals surface area (Å²) in [7, 11) is 8.11. The highest BCUT2D eigenvalue weighted by atomic mass is 19.1.